The SMILES string of the molecule is CC1=CC(C)C(C)C(S(C)=O)C1. The van der Waals surface area contributed by atoms with Crippen molar-refractivity contribution in [3.63, 3.8) is 0 Å². The Morgan fingerprint density at radius 2 is 2.08 bits per heavy atom. The first kappa shape index (κ1) is 9.97. The lowest BCUT2D eigenvalue weighted by atomic mass is 9.83. The first-order chi connectivity index (χ1) is 5.52. The van der Waals surface area contributed by atoms with E-state index in [9.17, 15) is 4.21 Å². The van der Waals surface area contributed by atoms with E-state index >= 15 is 0 Å². The van der Waals surface area contributed by atoms with Crippen LogP contribution in [-0.4, -0.2) is 15.7 Å². The number of hydrogen-bond donors (Lipinski definition) is 0. The second-order valence-electron chi connectivity index (χ2n) is 3.97. The standard InChI is InChI=1S/C10H18OS/c1-7-5-8(2)9(3)10(6-7)12(4)11/h5,8-10H,6H2,1-4H3. The molecule has 0 aliphatic heterocycles. The molecule has 0 aromatic heterocycles. The van der Waals surface area contributed by atoms with E-state index in [2.05, 4.69) is 26.8 Å². The Morgan fingerprint density at radius 1 is 1.50 bits per heavy atom. The van der Waals surface area contributed by atoms with E-state index in [-0.39, 0.29) is 0 Å². The van der Waals surface area contributed by atoms with Gasteiger partial charge in [-0.15, -0.1) is 0 Å². The van der Waals surface area contributed by atoms with Crippen LogP contribution in [0.2, 0.25) is 0 Å². The van der Waals surface area contributed by atoms with Gasteiger partial charge in [0.25, 0.3) is 0 Å². The summed E-state index contributed by atoms with van der Waals surface area (Å²) in [5.74, 6) is 1.16. The van der Waals surface area contributed by atoms with Gasteiger partial charge in [0.15, 0.2) is 0 Å². The highest BCUT2D eigenvalue weighted by atomic mass is 32.2. The Morgan fingerprint density at radius 3 is 2.58 bits per heavy atom. The van der Waals surface area contributed by atoms with Crippen molar-refractivity contribution in [3.8, 4) is 0 Å². The third kappa shape index (κ3) is 1.98. The predicted molar refractivity (Wildman–Crippen MR) is 54.6 cm³/mol. The summed E-state index contributed by atoms with van der Waals surface area (Å²) in [6.07, 6.45) is 5.16. The van der Waals surface area contributed by atoms with Crippen LogP contribution in [0.3, 0.4) is 0 Å². The third-order valence-corrected chi connectivity index (χ3v) is 4.36. The minimum absolute atomic E-state index is 0.380. The zero-order chi connectivity index (χ0) is 9.30. The van der Waals surface area contributed by atoms with Gasteiger partial charge in [-0.2, -0.15) is 0 Å². The molecule has 0 radical (unpaired) electrons. The average molecular weight is 186 g/mol. The summed E-state index contributed by atoms with van der Waals surface area (Å²) in [7, 11) is -0.664. The van der Waals surface area contributed by atoms with Gasteiger partial charge >= 0.3 is 0 Å². The molecule has 70 valence electrons. The van der Waals surface area contributed by atoms with Crippen LogP contribution < -0.4 is 0 Å². The van der Waals surface area contributed by atoms with Crippen molar-refractivity contribution in [3.05, 3.63) is 11.6 Å². The van der Waals surface area contributed by atoms with Crippen molar-refractivity contribution in [2.75, 3.05) is 6.26 Å². The van der Waals surface area contributed by atoms with Crippen molar-refractivity contribution in [2.45, 2.75) is 32.4 Å². The lowest BCUT2D eigenvalue weighted by Crippen LogP contribution is -2.30. The van der Waals surface area contributed by atoms with Crippen molar-refractivity contribution in [1.82, 2.24) is 0 Å². The fourth-order valence-electron chi connectivity index (χ4n) is 1.93. The number of hydrogen-bond acceptors (Lipinski definition) is 1. The molecule has 0 amide bonds. The largest absolute Gasteiger partial charge is 0.260 e. The molecular weight excluding hydrogens is 168 g/mol. The fraction of sp³-hybridized carbons (Fsp3) is 0.800. The lowest BCUT2D eigenvalue weighted by Gasteiger charge is -2.30. The summed E-state index contributed by atoms with van der Waals surface area (Å²) in [6, 6.07) is 0. The first-order valence-electron chi connectivity index (χ1n) is 4.52. The molecule has 0 fully saturated rings. The number of rotatable bonds is 1. The zero-order valence-corrected chi connectivity index (χ0v) is 9.15. The molecule has 4 atom stereocenters. The molecule has 1 nitrogen and oxygen atoms in total. The van der Waals surface area contributed by atoms with E-state index in [4.69, 9.17) is 0 Å². The normalized spacial score (nSPS) is 39.0. The highest BCUT2D eigenvalue weighted by Gasteiger charge is 2.28. The van der Waals surface area contributed by atoms with E-state index < -0.39 is 10.8 Å². The van der Waals surface area contributed by atoms with Crippen LogP contribution in [0.15, 0.2) is 11.6 Å². The summed E-state index contributed by atoms with van der Waals surface area (Å²) in [6.45, 7) is 6.56. The van der Waals surface area contributed by atoms with Crippen LogP contribution in [0.1, 0.15) is 27.2 Å². The molecule has 2 heteroatoms. The van der Waals surface area contributed by atoms with Gasteiger partial charge in [0, 0.05) is 22.3 Å². The summed E-state index contributed by atoms with van der Waals surface area (Å²) < 4.78 is 11.4. The Hall–Kier alpha value is -0.110. The van der Waals surface area contributed by atoms with Gasteiger partial charge in [0.05, 0.1) is 0 Å². The smallest absolute Gasteiger partial charge is 0.0413 e. The van der Waals surface area contributed by atoms with Crippen LogP contribution >= 0.6 is 0 Å². The maximum Gasteiger partial charge on any atom is 0.0413 e. The average Bonchev–Trinajstić information content (AvgIpc) is 1.96. The summed E-state index contributed by atoms with van der Waals surface area (Å²) >= 11 is 0. The molecule has 0 bridgehead atoms. The minimum Gasteiger partial charge on any atom is -0.260 e. The zero-order valence-electron chi connectivity index (χ0n) is 8.33. The van der Waals surface area contributed by atoms with Crippen molar-refractivity contribution in [2.24, 2.45) is 11.8 Å². The molecule has 1 rings (SSSR count). The van der Waals surface area contributed by atoms with Crippen molar-refractivity contribution < 1.29 is 4.21 Å². The monoisotopic (exact) mass is 186 g/mol. The second kappa shape index (κ2) is 3.73. The highest BCUT2D eigenvalue weighted by molar-refractivity contribution is 7.84. The minimum atomic E-state index is -0.664. The van der Waals surface area contributed by atoms with E-state index in [1.54, 1.807) is 0 Å². The molecule has 0 aromatic carbocycles. The molecule has 0 saturated heterocycles. The predicted octanol–water partition coefficient (Wildman–Crippen LogP) is 2.36. The van der Waals surface area contributed by atoms with Gasteiger partial charge in [-0.05, 0) is 25.2 Å². The van der Waals surface area contributed by atoms with E-state index in [0.717, 1.165) is 6.42 Å². The number of allylic oxidation sites excluding steroid dienone is 2. The van der Waals surface area contributed by atoms with Gasteiger partial charge in [-0.3, -0.25) is 4.21 Å². The van der Waals surface area contributed by atoms with Crippen molar-refractivity contribution >= 4 is 10.8 Å². The quantitative estimate of drug-likeness (QED) is 0.575. The van der Waals surface area contributed by atoms with E-state index in [1.807, 2.05) is 6.26 Å². The maximum absolute atomic E-state index is 11.4. The topological polar surface area (TPSA) is 17.1 Å². The Kier molecular flexibility index (Phi) is 3.10. The second-order valence-corrected chi connectivity index (χ2v) is 5.58. The summed E-state index contributed by atoms with van der Waals surface area (Å²) in [5, 5.41) is 0.380. The molecule has 0 heterocycles. The molecule has 0 spiro atoms. The highest BCUT2D eigenvalue weighted by Crippen LogP contribution is 2.31. The van der Waals surface area contributed by atoms with Gasteiger partial charge in [-0.25, -0.2) is 0 Å². The molecule has 1 aliphatic carbocycles. The summed E-state index contributed by atoms with van der Waals surface area (Å²) in [5.41, 5.74) is 1.40. The molecule has 4 unspecified atom stereocenters. The third-order valence-electron chi connectivity index (χ3n) is 2.91. The molecule has 1 aliphatic rings. The van der Waals surface area contributed by atoms with Gasteiger partial charge in [0.2, 0.25) is 0 Å². The molecule has 0 aromatic rings. The Balaban J connectivity index is 2.80. The van der Waals surface area contributed by atoms with Gasteiger partial charge < -0.3 is 0 Å². The van der Waals surface area contributed by atoms with E-state index in [1.165, 1.54) is 5.57 Å². The van der Waals surface area contributed by atoms with E-state index in [0.29, 0.717) is 17.1 Å². The van der Waals surface area contributed by atoms with Crippen LogP contribution in [0.4, 0.5) is 0 Å². The maximum atomic E-state index is 11.4. The van der Waals surface area contributed by atoms with Crippen molar-refractivity contribution in [1.29, 1.82) is 0 Å². The molecule has 0 saturated carbocycles. The first-order valence-corrected chi connectivity index (χ1v) is 6.14. The summed E-state index contributed by atoms with van der Waals surface area (Å²) in [4.78, 5) is 0. The lowest BCUT2D eigenvalue weighted by molar-refractivity contribution is 0.410. The van der Waals surface area contributed by atoms with Gasteiger partial charge in [-0.1, -0.05) is 25.5 Å². The Labute approximate surface area is 77.7 Å². The van der Waals surface area contributed by atoms with Gasteiger partial charge in [0.1, 0.15) is 0 Å². The van der Waals surface area contributed by atoms with Crippen LogP contribution in [-0.2, 0) is 10.8 Å². The van der Waals surface area contributed by atoms with Crippen LogP contribution in [0.25, 0.3) is 0 Å². The Bertz CT molecular complexity index is 220. The molecule has 12 heavy (non-hydrogen) atoms. The molecule has 0 N–H and O–H groups in total. The fourth-order valence-corrected chi connectivity index (χ4v) is 3.28. The van der Waals surface area contributed by atoms with Crippen LogP contribution in [0, 0.1) is 11.8 Å². The van der Waals surface area contributed by atoms with Crippen LogP contribution in [0.5, 0.6) is 0 Å². The molecular formula is C10H18OS.